The van der Waals surface area contributed by atoms with Gasteiger partial charge in [0.2, 0.25) is 16.8 Å². The summed E-state index contributed by atoms with van der Waals surface area (Å²) in [7, 11) is -4.03. The van der Waals surface area contributed by atoms with Gasteiger partial charge in [0.15, 0.2) is 11.5 Å². The van der Waals surface area contributed by atoms with Crippen molar-refractivity contribution in [1.82, 2.24) is 9.62 Å². The Bertz CT molecular complexity index is 1400. The van der Waals surface area contributed by atoms with Crippen LogP contribution in [0.25, 0.3) is 0 Å². The molecule has 0 aliphatic carbocycles. The summed E-state index contributed by atoms with van der Waals surface area (Å²) in [5.41, 5.74) is 1.70. The van der Waals surface area contributed by atoms with Crippen LogP contribution in [0, 0.1) is 6.92 Å². The van der Waals surface area contributed by atoms with Crippen LogP contribution in [0.2, 0.25) is 0 Å². The largest absolute Gasteiger partial charge is 0.454 e. The molecule has 10 heteroatoms. The first-order valence-corrected chi connectivity index (χ1v) is 14.5. The van der Waals surface area contributed by atoms with Gasteiger partial charge in [-0.15, -0.1) is 0 Å². The molecule has 0 spiro atoms. The van der Waals surface area contributed by atoms with E-state index < -0.39 is 33.9 Å². The SMILES string of the molecule is Cc1ccc(S(=O)(=O)N(Cc2ccc3c(c2)OCO3)C[C@@H](O)[C@H](Cc2ccccc2)NC(=O)OC(C)(C)C)cc1. The third kappa shape index (κ3) is 7.74. The van der Waals surface area contributed by atoms with E-state index in [1.54, 1.807) is 63.2 Å². The predicted molar refractivity (Wildman–Crippen MR) is 151 cm³/mol. The van der Waals surface area contributed by atoms with Gasteiger partial charge in [-0.25, -0.2) is 13.2 Å². The smallest absolute Gasteiger partial charge is 0.407 e. The molecule has 4 rings (SSSR count). The Morgan fingerprint density at radius 1 is 1.00 bits per heavy atom. The summed E-state index contributed by atoms with van der Waals surface area (Å²) >= 11 is 0. The summed E-state index contributed by atoms with van der Waals surface area (Å²) in [6.45, 7) is 6.90. The quantitative estimate of drug-likeness (QED) is 0.372. The van der Waals surface area contributed by atoms with Crippen LogP contribution in [-0.4, -0.2) is 55.0 Å². The van der Waals surface area contributed by atoms with Crippen molar-refractivity contribution in [1.29, 1.82) is 0 Å². The number of alkyl carbamates (subject to hydrolysis) is 1. The second-order valence-electron chi connectivity index (χ2n) is 10.8. The van der Waals surface area contributed by atoms with E-state index in [0.29, 0.717) is 17.1 Å². The minimum atomic E-state index is -4.03. The number of aryl methyl sites for hydroxylation is 1. The van der Waals surface area contributed by atoms with Gasteiger partial charge < -0.3 is 24.6 Å². The zero-order chi connectivity index (χ0) is 28.9. The van der Waals surface area contributed by atoms with Crippen molar-refractivity contribution in [2.75, 3.05) is 13.3 Å². The van der Waals surface area contributed by atoms with Gasteiger partial charge in [0.1, 0.15) is 5.60 Å². The summed E-state index contributed by atoms with van der Waals surface area (Å²) < 4.78 is 45.2. The van der Waals surface area contributed by atoms with Crippen LogP contribution in [0.5, 0.6) is 11.5 Å². The molecule has 1 amide bonds. The van der Waals surface area contributed by atoms with Gasteiger partial charge in [0.25, 0.3) is 0 Å². The van der Waals surface area contributed by atoms with Gasteiger partial charge in [-0.05, 0) is 69.5 Å². The molecule has 0 bridgehead atoms. The molecule has 0 saturated carbocycles. The van der Waals surface area contributed by atoms with Crippen LogP contribution in [0.1, 0.15) is 37.5 Å². The Labute approximate surface area is 235 Å². The first-order chi connectivity index (χ1) is 18.9. The lowest BCUT2D eigenvalue weighted by molar-refractivity contribution is 0.0400. The zero-order valence-corrected chi connectivity index (χ0v) is 24.0. The summed E-state index contributed by atoms with van der Waals surface area (Å²) in [5.74, 6) is 1.11. The van der Waals surface area contributed by atoms with Gasteiger partial charge in [-0.1, -0.05) is 54.1 Å². The molecule has 0 aromatic heterocycles. The Kier molecular flexibility index (Phi) is 9.02. The summed E-state index contributed by atoms with van der Waals surface area (Å²) in [4.78, 5) is 12.8. The van der Waals surface area contributed by atoms with E-state index in [1.807, 2.05) is 37.3 Å². The number of fused-ring (bicyclic) bond motifs is 1. The van der Waals surface area contributed by atoms with Crippen molar-refractivity contribution in [2.45, 2.75) is 63.3 Å². The maximum absolute atomic E-state index is 13.9. The van der Waals surface area contributed by atoms with Gasteiger partial charge in [0, 0.05) is 13.1 Å². The number of aliphatic hydroxyl groups is 1. The predicted octanol–water partition coefficient (Wildman–Crippen LogP) is 4.41. The number of ether oxygens (including phenoxy) is 3. The second kappa shape index (κ2) is 12.3. The molecule has 1 aliphatic rings. The summed E-state index contributed by atoms with van der Waals surface area (Å²) in [6.07, 6.45) is -1.69. The number of aliphatic hydroxyl groups excluding tert-OH is 1. The minimum absolute atomic E-state index is 0.0333. The standard InChI is InChI=1S/C30H36N2O7S/c1-21-10-13-24(14-11-21)40(35,36)32(18-23-12-15-27-28(17-23)38-20-37-27)19-26(33)25(16-22-8-6-5-7-9-22)31-29(34)39-30(2,3)4/h5-15,17,25-26,33H,16,18-20H2,1-4H3,(H,31,34)/t25-,26+/m0/s1. The number of hydrogen-bond donors (Lipinski definition) is 2. The van der Waals surface area contributed by atoms with Gasteiger partial charge >= 0.3 is 6.09 Å². The van der Waals surface area contributed by atoms with Crippen LogP contribution in [0.3, 0.4) is 0 Å². The highest BCUT2D eigenvalue weighted by molar-refractivity contribution is 7.89. The van der Waals surface area contributed by atoms with Gasteiger partial charge in [-0.2, -0.15) is 4.31 Å². The maximum atomic E-state index is 13.9. The molecule has 1 heterocycles. The number of benzene rings is 3. The fourth-order valence-corrected chi connectivity index (χ4v) is 5.74. The van der Waals surface area contributed by atoms with Crippen molar-refractivity contribution in [3.8, 4) is 11.5 Å². The molecule has 0 fully saturated rings. The number of amides is 1. The Balaban J connectivity index is 1.63. The number of rotatable bonds is 10. The molecule has 214 valence electrons. The molecular weight excluding hydrogens is 532 g/mol. The van der Waals surface area contributed by atoms with Crippen molar-refractivity contribution in [2.24, 2.45) is 0 Å². The first kappa shape index (κ1) is 29.4. The van der Waals surface area contributed by atoms with Crippen LogP contribution < -0.4 is 14.8 Å². The minimum Gasteiger partial charge on any atom is -0.454 e. The van der Waals surface area contributed by atoms with E-state index in [1.165, 1.54) is 4.31 Å². The fraction of sp³-hybridized carbons (Fsp3) is 0.367. The highest BCUT2D eigenvalue weighted by Crippen LogP contribution is 2.33. The molecule has 9 nitrogen and oxygen atoms in total. The normalized spacial score (nSPS) is 14.6. The lowest BCUT2D eigenvalue weighted by Gasteiger charge is -2.30. The molecular formula is C30H36N2O7S. The van der Waals surface area contributed by atoms with Crippen molar-refractivity contribution in [3.05, 3.63) is 89.5 Å². The van der Waals surface area contributed by atoms with Crippen LogP contribution >= 0.6 is 0 Å². The molecule has 3 aromatic carbocycles. The third-order valence-corrected chi connectivity index (χ3v) is 8.14. The maximum Gasteiger partial charge on any atom is 0.407 e. The first-order valence-electron chi connectivity index (χ1n) is 13.1. The zero-order valence-electron chi connectivity index (χ0n) is 23.2. The van der Waals surface area contributed by atoms with Crippen molar-refractivity contribution >= 4 is 16.1 Å². The lowest BCUT2D eigenvalue weighted by atomic mass is 10.0. The Hall–Kier alpha value is -3.60. The van der Waals surface area contributed by atoms with Gasteiger partial charge in [-0.3, -0.25) is 0 Å². The molecule has 0 radical (unpaired) electrons. The highest BCUT2D eigenvalue weighted by atomic mass is 32.2. The fourth-order valence-electron chi connectivity index (χ4n) is 4.30. The van der Waals surface area contributed by atoms with Crippen molar-refractivity contribution in [3.63, 3.8) is 0 Å². The lowest BCUT2D eigenvalue weighted by Crippen LogP contribution is -2.51. The van der Waals surface area contributed by atoms with E-state index in [9.17, 15) is 18.3 Å². The number of nitrogens with one attached hydrogen (secondary N) is 1. The molecule has 3 aromatic rings. The summed E-state index contributed by atoms with van der Waals surface area (Å²) in [6, 6.07) is 20.3. The van der Waals surface area contributed by atoms with E-state index >= 15 is 0 Å². The summed E-state index contributed by atoms with van der Waals surface area (Å²) in [5, 5.41) is 14.2. The molecule has 1 aliphatic heterocycles. The van der Waals surface area contributed by atoms with Crippen LogP contribution in [-0.2, 0) is 27.7 Å². The third-order valence-electron chi connectivity index (χ3n) is 6.31. The average molecular weight is 569 g/mol. The van der Waals surface area contributed by atoms with E-state index in [4.69, 9.17) is 14.2 Å². The average Bonchev–Trinajstić information content (AvgIpc) is 3.36. The molecule has 40 heavy (non-hydrogen) atoms. The topological polar surface area (TPSA) is 114 Å². The Morgan fingerprint density at radius 3 is 2.35 bits per heavy atom. The van der Waals surface area contributed by atoms with Crippen LogP contribution in [0.15, 0.2) is 77.7 Å². The number of carbonyl (C=O) groups excluding carboxylic acids is 1. The van der Waals surface area contributed by atoms with Crippen molar-refractivity contribution < 1.29 is 32.5 Å². The number of nitrogens with zero attached hydrogens (tertiary/aromatic N) is 1. The Morgan fingerprint density at radius 2 is 1.68 bits per heavy atom. The number of hydrogen-bond acceptors (Lipinski definition) is 7. The second-order valence-corrected chi connectivity index (χ2v) is 12.7. The monoisotopic (exact) mass is 568 g/mol. The molecule has 2 atom stereocenters. The van der Waals surface area contributed by atoms with E-state index in [0.717, 1.165) is 11.1 Å². The van der Waals surface area contributed by atoms with Crippen LogP contribution in [0.4, 0.5) is 4.79 Å². The molecule has 2 N–H and O–H groups in total. The van der Waals surface area contributed by atoms with E-state index in [2.05, 4.69) is 5.32 Å². The molecule has 0 unspecified atom stereocenters. The van der Waals surface area contributed by atoms with Gasteiger partial charge in [0.05, 0.1) is 17.0 Å². The molecule has 0 saturated heterocycles. The van der Waals surface area contributed by atoms with E-state index in [-0.39, 0.29) is 31.2 Å². The number of carbonyl (C=O) groups is 1. The number of sulfonamides is 1. The highest BCUT2D eigenvalue weighted by Gasteiger charge is 2.32.